The maximum Gasteiger partial charge on any atom is 0.305 e. The first-order valence-electron chi connectivity index (χ1n) is 26.4. The number of amides is 1. The third kappa shape index (κ3) is 34.6. The molecule has 1 aliphatic rings. The molecule has 7 unspecified atom stereocenters. The van der Waals surface area contributed by atoms with Crippen molar-refractivity contribution in [1.82, 2.24) is 5.32 Å². The van der Waals surface area contributed by atoms with E-state index in [1.54, 1.807) is 6.08 Å². The minimum Gasteiger partial charge on any atom is -0.466 e. The van der Waals surface area contributed by atoms with Gasteiger partial charge in [-0.25, -0.2) is 0 Å². The Morgan fingerprint density at radius 2 is 1.03 bits per heavy atom. The summed E-state index contributed by atoms with van der Waals surface area (Å²) in [5.41, 5.74) is 0. The predicted molar refractivity (Wildman–Crippen MR) is 264 cm³/mol. The van der Waals surface area contributed by atoms with Crippen LogP contribution in [0.1, 0.15) is 219 Å². The van der Waals surface area contributed by atoms with Gasteiger partial charge in [-0.1, -0.05) is 165 Å². The molecule has 0 aromatic rings. The molecule has 1 rings (SSSR count). The van der Waals surface area contributed by atoms with Crippen molar-refractivity contribution in [3.8, 4) is 0 Å². The highest BCUT2D eigenvalue weighted by Gasteiger charge is 2.44. The van der Waals surface area contributed by atoms with Crippen molar-refractivity contribution in [2.75, 3.05) is 19.8 Å². The van der Waals surface area contributed by atoms with Crippen molar-refractivity contribution >= 4 is 11.9 Å². The summed E-state index contributed by atoms with van der Waals surface area (Å²) in [5, 5.41) is 54.1. The molecule has 1 fully saturated rings. The molecule has 0 aliphatic carbocycles. The number of rotatable bonds is 44. The molecule has 0 aromatic heterocycles. The van der Waals surface area contributed by atoms with Crippen molar-refractivity contribution in [1.29, 1.82) is 0 Å². The maximum absolute atomic E-state index is 12.9. The van der Waals surface area contributed by atoms with Crippen LogP contribution in [-0.2, 0) is 23.8 Å². The Labute approximate surface area is 396 Å². The molecule has 0 radical (unpaired) electrons. The van der Waals surface area contributed by atoms with Crippen LogP contribution in [0.15, 0.2) is 48.6 Å². The molecular weight excluding hydrogens is 823 g/mol. The molecule has 0 bridgehead atoms. The predicted octanol–water partition coefficient (Wildman–Crippen LogP) is 10.9. The van der Waals surface area contributed by atoms with Gasteiger partial charge < -0.3 is 45.1 Å². The van der Waals surface area contributed by atoms with Crippen LogP contribution in [0, 0.1) is 0 Å². The smallest absolute Gasteiger partial charge is 0.305 e. The second-order valence-electron chi connectivity index (χ2n) is 18.2. The third-order valence-corrected chi connectivity index (χ3v) is 12.2. The van der Waals surface area contributed by atoms with Crippen molar-refractivity contribution < 1.29 is 49.3 Å². The van der Waals surface area contributed by atoms with Gasteiger partial charge in [-0.05, 0) is 89.9 Å². The second-order valence-corrected chi connectivity index (χ2v) is 18.2. The van der Waals surface area contributed by atoms with Gasteiger partial charge in [0.05, 0.1) is 32.0 Å². The lowest BCUT2D eigenvalue weighted by Gasteiger charge is -2.40. The van der Waals surface area contributed by atoms with E-state index in [1.807, 2.05) is 6.08 Å². The molecule has 0 saturated carbocycles. The molecule has 11 nitrogen and oxygen atoms in total. The average molecular weight is 920 g/mol. The topological polar surface area (TPSA) is 175 Å². The lowest BCUT2D eigenvalue weighted by Crippen LogP contribution is -2.60. The number of aliphatic hydroxyl groups is 5. The van der Waals surface area contributed by atoms with Gasteiger partial charge in [0.15, 0.2) is 6.29 Å². The highest BCUT2D eigenvalue weighted by molar-refractivity contribution is 5.76. The largest absolute Gasteiger partial charge is 0.466 e. The Kier molecular flexibility index (Phi) is 41.2. The fraction of sp³-hybridized carbons (Fsp3) is 0.815. The Morgan fingerprint density at radius 1 is 0.569 bits per heavy atom. The molecule has 1 amide bonds. The van der Waals surface area contributed by atoms with Crippen LogP contribution >= 0.6 is 0 Å². The number of nitrogens with one attached hydrogen (secondary N) is 1. The van der Waals surface area contributed by atoms with Crippen LogP contribution in [0.4, 0.5) is 0 Å². The van der Waals surface area contributed by atoms with Gasteiger partial charge in [0.1, 0.15) is 24.4 Å². The van der Waals surface area contributed by atoms with Crippen molar-refractivity contribution in [3.63, 3.8) is 0 Å². The fourth-order valence-electron chi connectivity index (χ4n) is 7.89. The lowest BCUT2D eigenvalue weighted by molar-refractivity contribution is -0.302. The molecule has 378 valence electrons. The molecule has 7 atom stereocenters. The normalized spacial score (nSPS) is 20.1. The van der Waals surface area contributed by atoms with E-state index in [0.717, 1.165) is 103 Å². The summed E-state index contributed by atoms with van der Waals surface area (Å²) in [6, 6.07) is -0.826. The van der Waals surface area contributed by atoms with Crippen LogP contribution < -0.4 is 5.32 Å². The first kappa shape index (κ1) is 60.6. The van der Waals surface area contributed by atoms with Crippen LogP contribution in [0.25, 0.3) is 0 Å². The summed E-state index contributed by atoms with van der Waals surface area (Å²) in [6.45, 7) is 4.20. The molecule has 11 heteroatoms. The van der Waals surface area contributed by atoms with E-state index in [4.69, 9.17) is 14.2 Å². The molecule has 6 N–H and O–H groups in total. The van der Waals surface area contributed by atoms with E-state index >= 15 is 0 Å². The molecular formula is C54H97NO10. The molecule has 1 aliphatic heterocycles. The van der Waals surface area contributed by atoms with E-state index in [2.05, 4.69) is 55.6 Å². The summed E-state index contributed by atoms with van der Waals surface area (Å²) in [4.78, 5) is 25.0. The molecule has 0 aromatic carbocycles. The number of carbonyl (C=O) groups is 2. The number of unbranched alkanes of at least 4 members (excludes halogenated alkanes) is 25. The minimum absolute atomic E-state index is 0.0514. The van der Waals surface area contributed by atoms with E-state index in [1.165, 1.54) is 89.9 Å². The number of carbonyl (C=O) groups excluding carboxylic acids is 2. The van der Waals surface area contributed by atoms with Crippen molar-refractivity contribution in [2.24, 2.45) is 0 Å². The van der Waals surface area contributed by atoms with Gasteiger partial charge in [0.25, 0.3) is 0 Å². The van der Waals surface area contributed by atoms with Gasteiger partial charge >= 0.3 is 5.97 Å². The molecule has 1 heterocycles. The zero-order chi connectivity index (χ0) is 47.4. The first-order valence-corrected chi connectivity index (χ1v) is 26.4. The van der Waals surface area contributed by atoms with E-state index in [0.29, 0.717) is 19.4 Å². The second kappa shape index (κ2) is 44.1. The molecule has 0 spiro atoms. The summed E-state index contributed by atoms with van der Waals surface area (Å²) in [5.74, 6) is -0.260. The standard InChI is InChI=1S/C54H97NO10/c1-3-5-7-9-11-13-14-18-22-26-30-34-38-42-50(59)63-43-39-35-31-27-23-20-17-15-16-19-21-25-29-33-37-41-49(58)55-46(47(57)40-36-32-28-24-12-10-8-6-4-2)45-64-54-53(62)52(61)51(60)48(44-56)65-54/h13-15,17,20,23,36,40,46-48,51-54,56-57,60-62H,3-12,16,18-19,21-22,24-35,37-39,41-45H2,1-2H3,(H,55,58)/b14-13-,17-15-,23-20-,40-36+. The number of ether oxygens (including phenoxy) is 3. The van der Waals surface area contributed by atoms with E-state index in [9.17, 15) is 35.1 Å². The minimum atomic E-state index is -1.58. The van der Waals surface area contributed by atoms with Crippen molar-refractivity contribution in [2.45, 2.75) is 262 Å². The summed E-state index contributed by atoms with van der Waals surface area (Å²) >= 11 is 0. The van der Waals surface area contributed by atoms with Crippen LogP contribution in [0.3, 0.4) is 0 Å². The third-order valence-electron chi connectivity index (χ3n) is 12.2. The number of hydrogen-bond donors (Lipinski definition) is 6. The van der Waals surface area contributed by atoms with Gasteiger partial charge in [-0.15, -0.1) is 0 Å². The number of aliphatic hydroxyl groups excluding tert-OH is 5. The van der Waals surface area contributed by atoms with Crippen LogP contribution in [0.5, 0.6) is 0 Å². The number of allylic oxidation sites excluding steroid dienone is 7. The van der Waals surface area contributed by atoms with E-state index in [-0.39, 0.29) is 18.5 Å². The maximum atomic E-state index is 12.9. The van der Waals surface area contributed by atoms with Gasteiger partial charge in [-0.3, -0.25) is 9.59 Å². The Bertz CT molecular complexity index is 1220. The van der Waals surface area contributed by atoms with Gasteiger partial charge in [0.2, 0.25) is 5.91 Å². The summed E-state index contributed by atoms with van der Waals surface area (Å²) in [6.07, 6.45) is 43.4. The van der Waals surface area contributed by atoms with Crippen molar-refractivity contribution in [3.05, 3.63) is 48.6 Å². The van der Waals surface area contributed by atoms with Crippen LogP contribution in [-0.4, -0.2) is 100 Å². The zero-order valence-electron chi connectivity index (χ0n) is 41.2. The Hall–Kier alpha value is -2.38. The Morgan fingerprint density at radius 3 is 1.58 bits per heavy atom. The lowest BCUT2D eigenvalue weighted by atomic mass is 9.99. The SMILES string of the molecule is CCCCCC/C=C\CCCCCCCC(=O)OCCCCC/C=C\C=C/CCCCCCCCC(=O)NC(COC1OC(CO)C(O)C(O)C1O)C(O)/C=C/CCCCCCCCC. The quantitative estimate of drug-likeness (QED) is 0.0149. The highest BCUT2D eigenvalue weighted by Crippen LogP contribution is 2.23. The highest BCUT2D eigenvalue weighted by atomic mass is 16.7. The Balaban J connectivity index is 2.15. The monoisotopic (exact) mass is 920 g/mol. The number of hydrogen-bond acceptors (Lipinski definition) is 10. The molecule has 65 heavy (non-hydrogen) atoms. The first-order chi connectivity index (χ1) is 31.7. The average Bonchev–Trinajstić information content (AvgIpc) is 3.30. The van der Waals surface area contributed by atoms with Gasteiger partial charge in [-0.2, -0.15) is 0 Å². The van der Waals surface area contributed by atoms with E-state index < -0.39 is 49.5 Å². The fourth-order valence-corrected chi connectivity index (χ4v) is 7.89. The number of esters is 1. The zero-order valence-corrected chi connectivity index (χ0v) is 41.2. The summed E-state index contributed by atoms with van der Waals surface area (Å²) in [7, 11) is 0. The summed E-state index contributed by atoms with van der Waals surface area (Å²) < 4.78 is 16.6. The molecule has 1 saturated heterocycles. The van der Waals surface area contributed by atoms with Crippen LogP contribution in [0.2, 0.25) is 0 Å². The van der Waals surface area contributed by atoms with Gasteiger partial charge in [0, 0.05) is 12.8 Å².